The van der Waals surface area contributed by atoms with E-state index in [-0.39, 0.29) is 12.0 Å². The molecular weight excluding hydrogens is 588 g/mol. The Hall–Kier alpha value is -4.39. The molecule has 6 aromatic carbocycles. The van der Waals surface area contributed by atoms with Crippen molar-refractivity contribution < 1.29 is 8.39 Å². The molecule has 0 radical (unpaired) electrons. The van der Waals surface area contributed by atoms with Gasteiger partial charge in [0.2, 0.25) is 0 Å². The molecule has 0 spiro atoms. The fraction of sp³-hybridized carbons (Fsp3) is 0.100. The van der Waals surface area contributed by atoms with Crippen molar-refractivity contribution in [2.45, 2.75) is 13.0 Å². The summed E-state index contributed by atoms with van der Waals surface area (Å²) in [4.78, 5) is 0. The van der Waals surface area contributed by atoms with Gasteiger partial charge >= 0.3 is 8.16 Å². The molecule has 0 saturated heterocycles. The summed E-state index contributed by atoms with van der Waals surface area (Å²) >= 11 is 0. The smallest absolute Gasteiger partial charge is 0.309 e. The second-order valence-electron chi connectivity index (χ2n) is 11.6. The van der Waals surface area contributed by atoms with E-state index < -0.39 is 16.1 Å². The fourth-order valence-electron chi connectivity index (χ4n) is 6.58. The van der Waals surface area contributed by atoms with Crippen molar-refractivity contribution in [1.29, 1.82) is 0 Å². The van der Waals surface area contributed by atoms with Crippen molar-refractivity contribution in [2.75, 3.05) is 11.7 Å². The van der Waals surface area contributed by atoms with Crippen LogP contribution in [-0.4, -0.2) is 13.1 Å². The van der Waals surface area contributed by atoms with Crippen molar-refractivity contribution in [3.63, 3.8) is 0 Å². The van der Waals surface area contributed by atoms with Gasteiger partial charge < -0.3 is 8.39 Å². The number of rotatable bonds is 6. The van der Waals surface area contributed by atoms with Crippen LogP contribution in [0.1, 0.15) is 6.92 Å². The van der Waals surface area contributed by atoms with E-state index in [1.165, 1.54) is 37.5 Å². The second-order valence-corrected chi connectivity index (χ2v) is 15.3. The van der Waals surface area contributed by atoms with Crippen LogP contribution in [0.5, 0.6) is 0 Å². The lowest BCUT2D eigenvalue weighted by Crippen LogP contribution is -2.34. The van der Waals surface area contributed by atoms with E-state index in [0.29, 0.717) is 0 Å². The molecule has 8 rings (SSSR count). The predicted molar refractivity (Wildman–Crippen MR) is 195 cm³/mol. The third kappa shape index (κ3) is 5.02. The number of hydrogen-bond acceptors (Lipinski definition) is 3. The Morgan fingerprint density at radius 3 is 1.64 bits per heavy atom. The Labute approximate surface area is 265 Å². The molecule has 0 bridgehead atoms. The van der Waals surface area contributed by atoms with Gasteiger partial charge in [0.1, 0.15) is 11.2 Å². The van der Waals surface area contributed by atoms with E-state index in [4.69, 9.17) is 8.39 Å². The minimum Gasteiger partial charge on any atom is -0.408 e. The monoisotopic (exact) mass is 621 g/mol. The normalized spacial score (nSPS) is 15.5. The molecule has 1 aliphatic carbocycles. The van der Waals surface area contributed by atoms with Crippen molar-refractivity contribution in [3.05, 3.63) is 157 Å². The molecular formula is C40H33NO2P2. The maximum Gasteiger partial charge on any atom is 0.309 e. The SMILES string of the molecule is C[C@H](C1C=CC=C1P(c1ccccc1)c1ccccc1)N(C)p1oc2ccc3ccccc3c2c2c(ccc3ccccc32)o1. The van der Waals surface area contributed by atoms with Crippen molar-refractivity contribution in [3.8, 4) is 0 Å². The van der Waals surface area contributed by atoms with Gasteiger partial charge in [0, 0.05) is 29.8 Å². The molecule has 0 saturated carbocycles. The van der Waals surface area contributed by atoms with E-state index in [1.54, 1.807) is 0 Å². The molecule has 0 aliphatic heterocycles. The van der Waals surface area contributed by atoms with E-state index in [2.05, 4.69) is 170 Å². The zero-order valence-corrected chi connectivity index (χ0v) is 27.0. The summed E-state index contributed by atoms with van der Waals surface area (Å²) in [5.41, 5.74) is 1.73. The topological polar surface area (TPSA) is 29.5 Å². The summed E-state index contributed by atoms with van der Waals surface area (Å²) in [6, 6.07) is 47.7. The summed E-state index contributed by atoms with van der Waals surface area (Å²) in [7, 11) is -0.0115. The van der Waals surface area contributed by atoms with Crippen LogP contribution in [0, 0.1) is 5.92 Å². The molecule has 1 unspecified atom stereocenters. The first-order chi connectivity index (χ1) is 22.2. The van der Waals surface area contributed by atoms with Crippen LogP contribution in [0.2, 0.25) is 0 Å². The van der Waals surface area contributed by atoms with Crippen molar-refractivity contribution in [1.82, 2.24) is 0 Å². The van der Waals surface area contributed by atoms with E-state index in [0.717, 1.165) is 21.9 Å². The molecule has 1 aliphatic rings. The van der Waals surface area contributed by atoms with Crippen LogP contribution in [0.3, 0.4) is 0 Å². The molecule has 1 heterocycles. The van der Waals surface area contributed by atoms with Crippen LogP contribution in [0.15, 0.2) is 165 Å². The third-order valence-electron chi connectivity index (χ3n) is 8.97. The lowest BCUT2D eigenvalue weighted by atomic mass is 9.99. The molecule has 2 atom stereocenters. The first kappa shape index (κ1) is 28.1. The van der Waals surface area contributed by atoms with Gasteiger partial charge in [-0.1, -0.05) is 140 Å². The van der Waals surface area contributed by atoms with Crippen LogP contribution in [0.4, 0.5) is 0 Å². The average Bonchev–Trinajstić information content (AvgIpc) is 3.50. The van der Waals surface area contributed by atoms with Gasteiger partial charge in [0.15, 0.2) is 0 Å². The van der Waals surface area contributed by atoms with Crippen LogP contribution < -0.4 is 15.3 Å². The number of allylic oxidation sites excluding steroid dienone is 2. The van der Waals surface area contributed by atoms with Crippen LogP contribution in [-0.2, 0) is 0 Å². The molecule has 3 nitrogen and oxygen atoms in total. The fourth-order valence-corrected chi connectivity index (χ4v) is 10.6. The van der Waals surface area contributed by atoms with Crippen LogP contribution >= 0.6 is 16.1 Å². The van der Waals surface area contributed by atoms with Gasteiger partial charge in [0.05, 0.1) is 0 Å². The summed E-state index contributed by atoms with van der Waals surface area (Å²) < 4.78 is 16.2. The number of fused-ring (bicyclic) bond motifs is 7. The predicted octanol–water partition coefficient (Wildman–Crippen LogP) is 10.8. The first-order valence-electron chi connectivity index (χ1n) is 15.4. The standard InChI is InChI=1S/C40H33NO2P2/c1-28(33-22-13-23-38(33)44(31-16-5-3-6-17-31)32-18-7-4-8-19-32)41(2)45-42-36-26-24-29-14-9-11-20-34(29)39(36)40-35-21-12-10-15-30(35)25-27-37(40)43-45/h3-28,33H,1-2H3/t28-,33?/m1/s1. The van der Waals surface area contributed by atoms with Gasteiger partial charge in [-0.15, -0.1) is 0 Å². The van der Waals surface area contributed by atoms with E-state index >= 15 is 0 Å². The van der Waals surface area contributed by atoms with Gasteiger partial charge in [0.25, 0.3) is 0 Å². The summed E-state index contributed by atoms with van der Waals surface area (Å²) in [6.07, 6.45) is 6.93. The van der Waals surface area contributed by atoms with Gasteiger partial charge in [-0.3, -0.25) is 0 Å². The van der Waals surface area contributed by atoms with E-state index in [1.807, 2.05) is 0 Å². The summed E-state index contributed by atoms with van der Waals surface area (Å²) in [5.74, 6) is 0.214. The van der Waals surface area contributed by atoms with Crippen molar-refractivity contribution in [2.24, 2.45) is 5.92 Å². The Bertz CT molecular complexity index is 2140. The highest BCUT2D eigenvalue weighted by Gasteiger charge is 2.33. The van der Waals surface area contributed by atoms with E-state index in [9.17, 15) is 0 Å². The Balaban J connectivity index is 1.28. The lowest BCUT2D eigenvalue weighted by molar-refractivity contribution is 0.570. The van der Waals surface area contributed by atoms with Gasteiger partial charge in [-0.25, -0.2) is 4.67 Å². The number of hydrogen-bond donors (Lipinski definition) is 0. The molecule has 45 heavy (non-hydrogen) atoms. The summed E-state index contributed by atoms with van der Waals surface area (Å²) in [6.45, 7) is 2.31. The minimum absolute atomic E-state index is 0.129. The molecule has 0 amide bonds. The maximum absolute atomic E-state index is 6.93. The Morgan fingerprint density at radius 1 is 0.622 bits per heavy atom. The lowest BCUT2D eigenvalue weighted by Gasteiger charge is -2.32. The largest absolute Gasteiger partial charge is 0.408 e. The molecule has 7 aromatic rings. The number of benzene rings is 6. The highest BCUT2D eigenvalue weighted by Crippen LogP contribution is 2.51. The zero-order valence-electron chi connectivity index (χ0n) is 25.2. The quantitative estimate of drug-likeness (QED) is 0.173. The molecule has 0 fully saturated rings. The third-order valence-corrected chi connectivity index (χ3v) is 13.1. The Morgan fingerprint density at radius 2 is 1.11 bits per heavy atom. The molecule has 5 heteroatoms. The van der Waals surface area contributed by atoms with Crippen LogP contribution in [0.25, 0.3) is 43.5 Å². The zero-order chi connectivity index (χ0) is 30.3. The molecule has 220 valence electrons. The summed E-state index contributed by atoms with van der Waals surface area (Å²) in [5, 5.41) is 11.1. The second kappa shape index (κ2) is 11.8. The highest BCUT2D eigenvalue weighted by molar-refractivity contribution is 7.76. The first-order valence-corrected chi connectivity index (χ1v) is 17.9. The maximum atomic E-state index is 6.93. The Kier molecular flexibility index (Phi) is 7.40. The van der Waals surface area contributed by atoms with Crippen molar-refractivity contribution >= 4 is 70.2 Å². The van der Waals surface area contributed by atoms with Gasteiger partial charge in [-0.2, -0.15) is 0 Å². The molecule has 0 N–H and O–H groups in total. The minimum atomic E-state index is -1.47. The number of nitrogens with zero attached hydrogens (tertiary/aromatic N) is 1. The average molecular weight is 622 g/mol. The highest BCUT2D eigenvalue weighted by atomic mass is 31.1. The van der Waals surface area contributed by atoms with Gasteiger partial charge in [-0.05, 0) is 64.4 Å². The molecule has 1 aromatic heterocycles.